The third-order valence-electron chi connectivity index (χ3n) is 2.41. The molecule has 1 aromatic carbocycles. The number of thiazole rings is 1. The number of hydrogen-bond donors (Lipinski definition) is 0. The number of aromatic nitrogens is 1. The predicted octanol–water partition coefficient (Wildman–Crippen LogP) is 2.42. The third-order valence-corrected chi connectivity index (χ3v) is 5.14. The largest absolute Gasteiger partial charge is 0.268 e. The van der Waals surface area contributed by atoms with Crippen LogP contribution in [0.15, 0.2) is 34.7 Å². The molecule has 96 valence electrons. The van der Waals surface area contributed by atoms with E-state index in [1.54, 1.807) is 12.3 Å². The fraction of sp³-hybridized carbons (Fsp3) is 0.182. The Morgan fingerprint density at radius 3 is 2.72 bits per heavy atom. The van der Waals surface area contributed by atoms with Gasteiger partial charge in [0, 0.05) is 18.6 Å². The number of anilines is 1. The summed E-state index contributed by atoms with van der Waals surface area (Å²) in [5.74, 6) is -0.760. The van der Waals surface area contributed by atoms with Gasteiger partial charge in [-0.25, -0.2) is 22.1 Å². The molecule has 0 unspecified atom stereocenters. The molecular formula is C11H11FN2O2S2. The second-order valence-electron chi connectivity index (χ2n) is 3.72. The van der Waals surface area contributed by atoms with Crippen LogP contribution in [0.5, 0.6) is 0 Å². The summed E-state index contributed by atoms with van der Waals surface area (Å²) in [7, 11) is -2.55. The fourth-order valence-corrected chi connectivity index (χ4v) is 3.56. The van der Waals surface area contributed by atoms with Crippen LogP contribution in [0.1, 0.15) is 5.56 Å². The standard InChI is InChI=1S/C11H11FN2O2S2/c1-8-3-4-9(12)10(7-8)18(15,16)14(2)11-13-5-6-17-11/h3-7H,1-2H3. The molecule has 2 aromatic rings. The number of hydrogen-bond acceptors (Lipinski definition) is 4. The first-order chi connectivity index (χ1) is 8.43. The van der Waals surface area contributed by atoms with E-state index in [0.29, 0.717) is 10.7 Å². The van der Waals surface area contributed by atoms with E-state index >= 15 is 0 Å². The SMILES string of the molecule is Cc1ccc(F)c(S(=O)(=O)N(C)c2nccs2)c1. The highest BCUT2D eigenvalue weighted by Gasteiger charge is 2.26. The van der Waals surface area contributed by atoms with Crippen LogP contribution >= 0.6 is 11.3 Å². The van der Waals surface area contributed by atoms with E-state index in [1.807, 2.05) is 0 Å². The zero-order valence-corrected chi connectivity index (χ0v) is 11.4. The molecule has 1 heterocycles. The summed E-state index contributed by atoms with van der Waals surface area (Å²) in [5, 5.41) is 1.96. The van der Waals surface area contributed by atoms with Crippen LogP contribution in [0.2, 0.25) is 0 Å². The summed E-state index contributed by atoms with van der Waals surface area (Å²) in [5.41, 5.74) is 0.683. The number of nitrogens with zero attached hydrogens (tertiary/aromatic N) is 2. The molecule has 0 N–H and O–H groups in total. The summed E-state index contributed by atoms with van der Waals surface area (Å²) in [6, 6.07) is 3.99. The monoisotopic (exact) mass is 286 g/mol. The topological polar surface area (TPSA) is 50.3 Å². The van der Waals surface area contributed by atoms with Crippen molar-refractivity contribution in [2.45, 2.75) is 11.8 Å². The van der Waals surface area contributed by atoms with Crippen molar-refractivity contribution in [2.75, 3.05) is 11.4 Å². The number of sulfonamides is 1. The summed E-state index contributed by atoms with van der Waals surface area (Å²) < 4.78 is 39.1. The highest BCUT2D eigenvalue weighted by Crippen LogP contribution is 2.25. The minimum Gasteiger partial charge on any atom is -0.244 e. The van der Waals surface area contributed by atoms with E-state index < -0.39 is 15.8 Å². The Bertz CT molecular complexity index is 654. The van der Waals surface area contributed by atoms with Gasteiger partial charge < -0.3 is 0 Å². The first-order valence-corrected chi connectivity index (χ1v) is 7.39. The molecule has 0 spiro atoms. The maximum absolute atomic E-state index is 13.6. The maximum Gasteiger partial charge on any atom is 0.268 e. The van der Waals surface area contributed by atoms with Gasteiger partial charge in [-0.3, -0.25) is 0 Å². The van der Waals surface area contributed by atoms with Crippen LogP contribution in [-0.2, 0) is 10.0 Å². The Balaban J connectivity index is 2.52. The number of benzene rings is 1. The van der Waals surface area contributed by atoms with Crippen molar-refractivity contribution in [2.24, 2.45) is 0 Å². The summed E-state index contributed by atoms with van der Waals surface area (Å²) in [4.78, 5) is 3.57. The Morgan fingerprint density at radius 2 is 2.11 bits per heavy atom. The Kier molecular flexibility index (Phi) is 3.36. The first-order valence-electron chi connectivity index (χ1n) is 5.07. The first kappa shape index (κ1) is 13.0. The second kappa shape index (κ2) is 4.66. The fourth-order valence-electron chi connectivity index (χ4n) is 1.43. The van der Waals surface area contributed by atoms with Gasteiger partial charge in [-0.15, -0.1) is 11.3 Å². The van der Waals surface area contributed by atoms with Crippen molar-refractivity contribution in [1.82, 2.24) is 4.98 Å². The molecule has 0 saturated carbocycles. The summed E-state index contributed by atoms with van der Waals surface area (Å²) >= 11 is 1.18. The maximum atomic E-state index is 13.6. The predicted molar refractivity (Wildman–Crippen MR) is 68.8 cm³/mol. The van der Waals surface area contributed by atoms with E-state index in [1.165, 1.54) is 36.7 Å². The smallest absolute Gasteiger partial charge is 0.244 e. The molecule has 0 aliphatic rings. The normalized spacial score (nSPS) is 11.5. The minimum atomic E-state index is -3.91. The zero-order valence-electron chi connectivity index (χ0n) is 9.79. The van der Waals surface area contributed by atoms with E-state index in [4.69, 9.17) is 0 Å². The molecule has 18 heavy (non-hydrogen) atoms. The zero-order chi connectivity index (χ0) is 13.3. The van der Waals surface area contributed by atoms with Crippen LogP contribution in [0, 0.1) is 12.7 Å². The minimum absolute atomic E-state index is 0.302. The van der Waals surface area contributed by atoms with Crippen LogP contribution < -0.4 is 4.31 Å². The van der Waals surface area contributed by atoms with Crippen LogP contribution in [0.4, 0.5) is 9.52 Å². The lowest BCUT2D eigenvalue weighted by molar-refractivity contribution is 0.565. The Hall–Kier alpha value is -1.47. The molecule has 4 nitrogen and oxygen atoms in total. The molecule has 0 fully saturated rings. The van der Waals surface area contributed by atoms with Gasteiger partial charge >= 0.3 is 0 Å². The van der Waals surface area contributed by atoms with Gasteiger partial charge in [-0.1, -0.05) is 6.07 Å². The highest BCUT2D eigenvalue weighted by atomic mass is 32.2. The molecule has 0 aliphatic carbocycles. The molecule has 0 aliphatic heterocycles. The van der Waals surface area contributed by atoms with Gasteiger partial charge in [0.1, 0.15) is 10.7 Å². The second-order valence-corrected chi connectivity index (χ2v) is 6.53. The molecular weight excluding hydrogens is 275 g/mol. The van der Waals surface area contributed by atoms with Crippen LogP contribution in [0.3, 0.4) is 0 Å². The van der Waals surface area contributed by atoms with Gasteiger partial charge in [-0.2, -0.15) is 0 Å². The molecule has 2 rings (SSSR count). The van der Waals surface area contributed by atoms with Gasteiger partial charge in [0.2, 0.25) is 0 Å². The molecule has 0 saturated heterocycles. The number of aryl methyl sites for hydroxylation is 1. The average molecular weight is 286 g/mol. The van der Waals surface area contributed by atoms with Crippen molar-refractivity contribution in [1.29, 1.82) is 0 Å². The molecule has 1 aromatic heterocycles. The number of rotatable bonds is 3. The third kappa shape index (κ3) is 2.23. The summed E-state index contributed by atoms with van der Waals surface area (Å²) in [6.45, 7) is 1.71. The van der Waals surface area contributed by atoms with Crippen molar-refractivity contribution >= 4 is 26.5 Å². The van der Waals surface area contributed by atoms with E-state index in [2.05, 4.69) is 4.98 Å². The van der Waals surface area contributed by atoms with Gasteiger partial charge in [0.15, 0.2) is 5.13 Å². The van der Waals surface area contributed by atoms with Crippen molar-refractivity contribution in [3.8, 4) is 0 Å². The van der Waals surface area contributed by atoms with Crippen LogP contribution in [0.25, 0.3) is 0 Å². The van der Waals surface area contributed by atoms with Gasteiger partial charge in [0.05, 0.1) is 0 Å². The lowest BCUT2D eigenvalue weighted by Crippen LogP contribution is -2.27. The lowest BCUT2D eigenvalue weighted by Gasteiger charge is -2.16. The van der Waals surface area contributed by atoms with Crippen LogP contribution in [-0.4, -0.2) is 20.4 Å². The average Bonchev–Trinajstić information content (AvgIpc) is 2.84. The number of halogens is 1. The van der Waals surface area contributed by atoms with Crippen molar-refractivity contribution in [3.05, 3.63) is 41.2 Å². The quantitative estimate of drug-likeness (QED) is 0.870. The molecule has 0 amide bonds. The molecule has 0 atom stereocenters. The van der Waals surface area contributed by atoms with Gasteiger partial charge in [-0.05, 0) is 24.6 Å². The molecule has 0 radical (unpaired) electrons. The molecule has 7 heteroatoms. The Morgan fingerprint density at radius 1 is 1.39 bits per heavy atom. The Labute approximate surface area is 109 Å². The van der Waals surface area contributed by atoms with Crippen molar-refractivity contribution in [3.63, 3.8) is 0 Å². The van der Waals surface area contributed by atoms with E-state index in [-0.39, 0.29) is 4.90 Å². The molecule has 0 bridgehead atoms. The lowest BCUT2D eigenvalue weighted by atomic mass is 10.2. The van der Waals surface area contributed by atoms with E-state index in [9.17, 15) is 12.8 Å². The summed E-state index contributed by atoms with van der Waals surface area (Å²) in [6.07, 6.45) is 1.50. The van der Waals surface area contributed by atoms with Gasteiger partial charge in [0.25, 0.3) is 10.0 Å². The highest BCUT2D eigenvalue weighted by molar-refractivity contribution is 7.93. The van der Waals surface area contributed by atoms with E-state index in [0.717, 1.165) is 10.4 Å². The van der Waals surface area contributed by atoms with Crippen molar-refractivity contribution < 1.29 is 12.8 Å².